The first-order valence-electron chi connectivity index (χ1n) is 5.06. The van der Waals surface area contributed by atoms with Gasteiger partial charge in [0.1, 0.15) is 0 Å². The molecule has 0 bridgehead atoms. The first-order valence-corrected chi connectivity index (χ1v) is 5.06. The molecule has 1 rings (SSSR count). The van der Waals surface area contributed by atoms with Crippen molar-refractivity contribution in [2.75, 3.05) is 0 Å². The second-order valence-electron chi connectivity index (χ2n) is 5.05. The van der Waals surface area contributed by atoms with E-state index in [4.69, 9.17) is 10.8 Å². The monoisotopic (exact) mass is 197 g/mol. The Bertz CT molecular complexity index is 274. The summed E-state index contributed by atoms with van der Waals surface area (Å²) in [5.41, 5.74) is 6.99. The molecule has 0 radical (unpaired) electrons. The lowest BCUT2D eigenvalue weighted by atomic mass is 9.72. The predicted molar refractivity (Wildman–Crippen MR) is 55.6 cm³/mol. The van der Waals surface area contributed by atoms with Crippen LogP contribution in [0.25, 0.3) is 0 Å². The van der Waals surface area contributed by atoms with Crippen molar-refractivity contribution in [2.24, 2.45) is 17.1 Å². The van der Waals surface area contributed by atoms with Gasteiger partial charge >= 0.3 is 5.97 Å². The average Bonchev–Trinajstić information content (AvgIpc) is 2.01. The van der Waals surface area contributed by atoms with Crippen LogP contribution in [-0.4, -0.2) is 11.1 Å². The van der Waals surface area contributed by atoms with Crippen LogP contribution in [0.3, 0.4) is 0 Å². The molecule has 1 aliphatic rings. The molecule has 3 heteroatoms. The summed E-state index contributed by atoms with van der Waals surface area (Å²) in [5, 5.41) is 8.95. The lowest BCUT2D eigenvalue weighted by Crippen LogP contribution is -2.31. The highest BCUT2D eigenvalue weighted by atomic mass is 16.4. The fourth-order valence-corrected chi connectivity index (χ4v) is 2.12. The Morgan fingerprint density at radius 3 is 2.50 bits per heavy atom. The molecule has 0 saturated heterocycles. The molecule has 14 heavy (non-hydrogen) atoms. The minimum atomic E-state index is -0.851. The van der Waals surface area contributed by atoms with Crippen LogP contribution in [0.1, 0.15) is 40.0 Å². The third kappa shape index (κ3) is 2.08. The highest BCUT2D eigenvalue weighted by molar-refractivity contribution is 5.87. The zero-order valence-electron chi connectivity index (χ0n) is 9.13. The van der Waals surface area contributed by atoms with Crippen molar-refractivity contribution in [3.05, 3.63) is 11.3 Å². The molecule has 0 aromatic carbocycles. The number of carboxylic acid groups (broad SMARTS) is 1. The van der Waals surface area contributed by atoms with E-state index in [-0.39, 0.29) is 11.3 Å². The summed E-state index contributed by atoms with van der Waals surface area (Å²) in [4.78, 5) is 10.9. The van der Waals surface area contributed by atoms with Gasteiger partial charge < -0.3 is 10.8 Å². The van der Waals surface area contributed by atoms with Crippen LogP contribution in [0.2, 0.25) is 0 Å². The highest BCUT2D eigenvalue weighted by Crippen LogP contribution is 2.39. The quantitative estimate of drug-likeness (QED) is 0.676. The number of carboxylic acids is 1. The number of hydrogen-bond donors (Lipinski definition) is 2. The largest absolute Gasteiger partial charge is 0.478 e. The van der Waals surface area contributed by atoms with Gasteiger partial charge in [0.15, 0.2) is 0 Å². The third-order valence-electron chi connectivity index (χ3n) is 2.95. The number of carbonyl (C=O) groups is 1. The van der Waals surface area contributed by atoms with E-state index < -0.39 is 5.97 Å². The van der Waals surface area contributed by atoms with Crippen LogP contribution in [-0.2, 0) is 4.79 Å². The van der Waals surface area contributed by atoms with Gasteiger partial charge in [0.05, 0.1) is 5.57 Å². The van der Waals surface area contributed by atoms with E-state index in [0.29, 0.717) is 17.7 Å². The van der Waals surface area contributed by atoms with Gasteiger partial charge in [-0.2, -0.15) is 0 Å². The molecule has 0 fully saturated rings. The van der Waals surface area contributed by atoms with Gasteiger partial charge in [0.25, 0.3) is 0 Å². The number of rotatable bonds is 1. The number of aliphatic carboxylic acids is 1. The maximum Gasteiger partial charge on any atom is 0.333 e. The van der Waals surface area contributed by atoms with Crippen molar-refractivity contribution in [2.45, 2.75) is 40.0 Å². The minimum absolute atomic E-state index is 0.0607. The molecular weight excluding hydrogens is 178 g/mol. The van der Waals surface area contributed by atoms with Gasteiger partial charge in [-0.05, 0) is 24.7 Å². The highest BCUT2D eigenvalue weighted by Gasteiger charge is 2.32. The second kappa shape index (κ2) is 3.64. The lowest BCUT2D eigenvalue weighted by Gasteiger charge is -2.34. The zero-order valence-corrected chi connectivity index (χ0v) is 9.13. The topological polar surface area (TPSA) is 63.3 Å². The molecule has 0 aliphatic heterocycles. The second-order valence-corrected chi connectivity index (χ2v) is 5.05. The Balaban J connectivity index is 3.01. The molecule has 0 spiro atoms. The van der Waals surface area contributed by atoms with Gasteiger partial charge in [-0.15, -0.1) is 0 Å². The van der Waals surface area contributed by atoms with Crippen molar-refractivity contribution in [3.8, 4) is 0 Å². The van der Waals surface area contributed by atoms with Crippen molar-refractivity contribution < 1.29 is 9.90 Å². The Labute approximate surface area is 85.0 Å². The summed E-state index contributed by atoms with van der Waals surface area (Å²) in [6.45, 7) is 6.32. The lowest BCUT2D eigenvalue weighted by molar-refractivity contribution is -0.133. The van der Waals surface area contributed by atoms with Crippen molar-refractivity contribution in [1.82, 2.24) is 0 Å². The molecule has 0 heterocycles. The van der Waals surface area contributed by atoms with Crippen molar-refractivity contribution in [3.63, 3.8) is 0 Å². The molecule has 1 atom stereocenters. The maximum absolute atomic E-state index is 10.9. The van der Waals surface area contributed by atoms with E-state index >= 15 is 0 Å². The minimum Gasteiger partial charge on any atom is -0.478 e. The van der Waals surface area contributed by atoms with E-state index in [0.717, 1.165) is 12.8 Å². The Morgan fingerprint density at radius 2 is 2.07 bits per heavy atom. The van der Waals surface area contributed by atoms with Crippen LogP contribution >= 0.6 is 0 Å². The molecule has 0 amide bonds. The van der Waals surface area contributed by atoms with E-state index in [1.54, 1.807) is 0 Å². The Hall–Kier alpha value is -0.990. The standard InChI is InChI=1S/C11H19NO2/c1-11(2,3)8-6-4-5-7(9(8)12)10(13)14/h8H,4-6,12H2,1-3H3,(H,13,14). The summed E-state index contributed by atoms with van der Waals surface area (Å²) in [6, 6.07) is 0. The molecule has 3 nitrogen and oxygen atoms in total. The van der Waals surface area contributed by atoms with Gasteiger partial charge in [0.2, 0.25) is 0 Å². The summed E-state index contributed by atoms with van der Waals surface area (Å²) in [7, 11) is 0. The first kappa shape index (κ1) is 11.1. The molecule has 3 N–H and O–H groups in total. The molecular formula is C11H19NO2. The van der Waals surface area contributed by atoms with Crippen molar-refractivity contribution in [1.29, 1.82) is 0 Å². The molecule has 0 aromatic rings. The summed E-state index contributed by atoms with van der Waals surface area (Å²) in [6.07, 6.45) is 2.56. The number of allylic oxidation sites excluding steroid dienone is 1. The Kier molecular flexibility index (Phi) is 2.88. The SMILES string of the molecule is CC(C)(C)C1CCCC(C(=O)O)=C1N. The van der Waals surface area contributed by atoms with Crippen molar-refractivity contribution >= 4 is 5.97 Å². The maximum atomic E-state index is 10.9. The molecule has 1 unspecified atom stereocenters. The van der Waals surface area contributed by atoms with Crippen LogP contribution in [0, 0.1) is 11.3 Å². The van der Waals surface area contributed by atoms with Gasteiger partial charge in [0, 0.05) is 11.6 Å². The predicted octanol–water partition coefficient (Wildman–Crippen LogP) is 2.13. The van der Waals surface area contributed by atoms with E-state index in [1.165, 1.54) is 0 Å². The first-order chi connectivity index (χ1) is 6.34. The van der Waals surface area contributed by atoms with Gasteiger partial charge in [-0.3, -0.25) is 0 Å². The van der Waals surface area contributed by atoms with E-state index in [1.807, 2.05) is 0 Å². The van der Waals surface area contributed by atoms with Crippen LogP contribution in [0.5, 0.6) is 0 Å². The summed E-state index contributed by atoms with van der Waals surface area (Å²) in [5.74, 6) is -0.640. The van der Waals surface area contributed by atoms with E-state index in [2.05, 4.69) is 20.8 Å². The van der Waals surface area contributed by atoms with Gasteiger partial charge in [-0.1, -0.05) is 20.8 Å². The molecule has 80 valence electrons. The van der Waals surface area contributed by atoms with Crippen LogP contribution in [0.4, 0.5) is 0 Å². The summed E-state index contributed by atoms with van der Waals surface area (Å²) < 4.78 is 0. The molecule has 0 aromatic heterocycles. The van der Waals surface area contributed by atoms with Crippen LogP contribution in [0.15, 0.2) is 11.3 Å². The fourth-order valence-electron chi connectivity index (χ4n) is 2.12. The molecule has 1 aliphatic carbocycles. The third-order valence-corrected chi connectivity index (χ3v) is 2.95. The van der Waals surface area contributed by atoms with E-state index in [9.17, 15) is 4.79 Å². The van der Waals surface area contributed by atoms with Gasteiger partial charge in [-0.25, -0.2) is 4.79 Å². The summed E-state index contributed by atoms with van der Waals surface area (Å²) >= 11 is 0. The average molecular weight is 197 g/mol. The number of nitrogens with two attached hydrogens (primary N) is 1. The number of hydrogen-bond acceptors (Lipinski definition) is 2. The zero-order chi connectivity index (χ0) is 10.9. The molecule has 0 saturated carbocycles. The normalized spacial score (nSPS) is 23.8. The Morgan fingerprint density at radius 1 is 1.50 bits per heavy atom. The smallest absolute Gasteiger partial charge is 0.333 e. The fraction of sp³-hybridized carbons (Fsp3) is 0.727. The van der Waals surface area contributed by atoms with Crippen LogP contribution < -0.4 is 5.73 Å².